The fourth-order valence-corrected chi connectivity index (χ4v) is 3.29. The molecule has 1 aliphatic heterocycles. The first-order valence-corrected chi connectivity index (χ1v) is 9.54. The van der Waals surface area contributed by atoms with Gasteiger partial charge in [-0.2, -0.15) is 5.26 Å². The summed E-state index contributed by atoms with van der Waals surface area (Å²) in [4.78, 5) is 15.5. The van der Waals surface area contributed by atoms with Crippen LogP contribution in [0.2, 0.25) is 0 Å². The van der Waals surface area contributed by atoms with Crippen molar-refractivity contribution in [3.05, 3.63) is 35.7 Å². The quantitative estimate of drug-likeness (QED) is 0.602. The van der Waals surface area contributed by atoms with Gasteiger partial charge < -0.3 is 9.64 Å². The number of hydrogen-bond acceptors (Lipinski definition) is 7. The van der Waals surface area contributed by atoms with Crippen LogP contribution in [0.3, 0.4) is 0 Å². The molecule has 0 aliphatic carbocycles. The lowest BCUT2D eigenvalue weighted by atomic mass is 9.98. The first-order chi connectivity index (χ1) is 12.2. The van der Waals surface area contributed by atoms with Gasteiger partial charge in [0, 0.05) is 37.1 Å². The van der Waals surface area contributed by atoms with Crippen LogP contribution in [0.4, 0.5) is 5.82 Å². The van der Waals surface area contributed by atoms with Gasteiger partial charge in [0.05, 0.1) is 18.2 Å². The maximum absolute atomic E-state index is 8.92. The maximum Gasteiger partial charge on any atom is 0.214 e. The van der Waals surface area contributed by atoms with Crippen LogP contribution >= 0.6 is 11.8 Å². The summed E-state index contributed by atoms with van der Waals surface area (Å²) >= 11 is 1.57. The van der Waals surface area contributed by atoms with Gasteiger partial charge in [0.25, 0.3) is 0 Å². The van der Waals surface area contributed by atoms with Gasteiger partial charge in [0.15, 0.2) is 5.16 Å². The number of rotatable bonds is 5. The van der Waals surface area contributed by atoms with Gasteiger partial charge in [-0.3, -0.25) is 0 Å². The third-order valence-electron chi connectivity index (χ3n) is 4.27. The van der Waals surface area contributed by atoms with Crippen molar-refractivity contribution in [2.24, 2.45) is 5.92 Å². The SMILES string of the molecule is CSc1nc(C)cc(N2CCC(COc3cc(C#N)ccn3)CC2)n1. The molecule has 2 aromatic rings. The second-order valence-corrected chi connectivity index (χ2v) is 6.86. The summed E-state index contributed by atoms with van der Waals surface area (Å²) < 4.78 is 5.77. The molecule has 6 nitrogen and oxygen atoms in total. The molecule has 130 valence electrons. The molecule has 0 saturated carbocycles. The highest BCUT2D eigenvalue weighted by Gasteiger charge is 2.21. The van der Waals surface area contributed by atoms with Crippen molar-refractivity contribution in [3.63, 3.8) is 0 Å². The number of anilines is 1. The zero-order valence-corrected chi connectivity index (χ0v) is 15.3. The van der Waals surface area contributed by atoms with Crippen molar-refractivity contribution < 1.29 is 4.74 Å². The van der Waals surface area contributed by atoms with E-state index in [-0.39, 0.29) is 0 Å². The van der Waals surface area contributed by atoms with Gasteiger partial charge in [0.1, 0.15) is 5.82 Å². The summed E-state index contributed by atoms with van der Waals surface area (Å²) in [7, 11) is 0. The van der Waals surface area contributed by atoms with Crippen molar-refractivity contribution in [3.8, 4) is 11.9 Å². The van der Waals surface area contributed by atoms with Gasteiger partial charge in [-0.15, -0.1) is 0 Å². The van der Waals surface area contributed by atoms with E-state index < -0.39 is 0 Å². The summed E-state index contributed by atoms with van der Waals surface area (Å²) in [6.07, 6.45) is 5.71. The van der Waals surface area contributed by atoms with Crippen LogP contribution in [-0.4, -0.2) is 40.9 Å². The molecule has 1 aliphatic rings. The number of aryl methyl sites for hydroxylation is 1. The minimum absolute atomic E-state index is 0.492. The van der Waals surface area contributed by atoms with Crippen molar-refractivity contribution in [1.82, 2.24) is 15.0 Å². The highest BCUT2D eigenvalue weighted by molar-refractivity contribution is 7.98. The monoisotopic (exact) mass is 355 g/mol. The average molecular weight is 355 g/mol. The molecule has 0 atom stereocenters. The number of pyridine rings is 1. The Bertz CT molecular complexity index is 768. The smallest absolute Gasteiger partial charge is 0.214 e. The van der Waals surface area contributed by atoms with Crippen molar-refractivity contribution >= 4 is 17.6 Å². The van der Waals surface area contributed by atoms with Gasteiger partial charge in [0.2, 0.25) is 5.88 Å². The Kier molecular flexibility index (Phi) is 5.71. The Morgan fingerprint density at radius 3 is 2.84 bits per heavy atom. The summed E-state index contributed by atoms with van der Waals surface area (Å²) in [5.74, 6) is 2.03. The van der Waals surface area contributed by atoms with E-state index >= 15 is 0 Å². The third-order valence-corrected chi connectivity index (χ3v) is 4.82. The van der Waals surface area contributed by atoms with E-state index in [1.54, 1.807) is 30.1 Å². The zero-order chi connectivity index (χ0) is 17.6. The second kappa shape index (κ2) is 8.17. The number of piperidine rings is 1. The van der Waals surface area contributed by atoms with E-state index in [4.69, 9.17) is 10.00 Å². The first kappa shape index (κ1) is 17.5. The van der Waals surface area contributed by atoms with E-state index in [0.29, 0.717) is 24.0 Å². The number of ether oxygens (including phenoxy) is 1. The topological polar surface area (TPSA) is 74.9 Å². The lowest BCUT2D eigenvalue weighted by Gasteiger charge is -2.32. The summed E-state index contributed by atoms with van der Waals surface area (Å²) in [6.45, 7) is 4.57. The molecule has 1 saturated heterocycles. The minimum Gasteiger partial charge on any atom is -0.477 e. The van der Waals surface area contributed by atoms with E-state index in [2.05, 4.69) is 25.9 Å². The minimum atomic E-state index is 0.492. The molecule has 1 fully saturated rings. The first-order valence-electron chi connectivity index (χ1n) is 8.31. The Morgan fingerprint density at radius 2 is 2.12 bits per heavy atom. The van der Waals surface area contributed by atoms with E-state index in [1.165, 1.54) is 0 Å². The normalized spacial score (nSPS) is 15.0. The van der Waals surface area contributed by atoms with E-state index in [9.17, 15) is 0 Å². The van der Waals surface area contributed by atoms with Gasteiger partial charge in [-0.1, -0.05) is 11.8 Å². The Morgan fingerprint density at radius 1 is 1.32 bits per heavy atom. The molecule has 0 bridgehead atoms. The molecule has 0 N–H and O–H groups in total. The molecule has 0 aromatic carbocycles. The van der Waals surface area contributed by atoms with Gasteiger partial charge >= 0.3 is 0 Å². The molecule has 2 aromatic heterocycles. The molecule has 0 unspecified atom stereocenters. The van der Waals surface area contributed by atoms with Gasteiger partial charge in [-0.25, -0.2) is 15.0 Å². The van der Waals surface area contributed by atoms with E-state index in [0.717, 1.165) is 42.6 Å². The van der Waals surface area contributed by atoms with Crippen LogP contribution < -0.4 is 9.64 Å². The van der Waals surface area contributed by atoms with Crippen LogP contribution in [0.15, 0.2) is 29.6 Å². The highest BCUT2D eigenvalue weighted by Crippen LogP contribution is 2.24. The van der Waals surface area contributed by atoms with Gasteiger partial charge in [-0.05, 0) is 38.0 Å². The predicted octanol–water partition coefficient (Wildman–Crippen LogP) is 3.07. The fourth-order valence-electron chi connectivity index (χ4n) is 2.87. The number of aromatic nitrogens is 3. The largest absolute Gasteiger partial charge is 0.477 e. The third kappa shape index (κ3) is 4.60. The second-order valence-electron chi connectivity index (χ2n) is 6.09. The number of nitriles is 1. The molecule has 3 heterocycles. The van der Waals surface area contributed by atoms with Crippen LogP contribution in [-0.2, 0) is 0 Å². The van der Waals surface area contributed by atoms with E-state index in [1.807, 2.05) is 19.2 Å². The fraction of sp³-hybridized carbons (Fsp3) is 0.444. The Balaban J connectivity index is 1.53. The molecule has 0 amide bonds. The molecular weight excluding hydrogens is 334 g/mol. The summed E-state index contributed by atoms with van der Waals surface area (Å²) in [5.41, 5.74) is 1.58. The number of hydrogen-bond donors (Lipinski definition) is 0. The molecule has 3 rings (SSSR count). The standard InChI is InChI=1S/C18H21N5OS/c1-13-9-16(22-18(21-13)25-2)23-7-4-14(5-8-23)12-24-17-10-15(11-19)3-6-20-17/h3,6,9-10,14H,4-5,7-8,12H2,1-2H3. The van der Waals surface area contributed by atoms with Crippen LogP contribution in [0.5, 0.6) is 5.88 Å². The maximum atomic E-state index is 8.92. The predicted molar refractivity (Wildman–Crippen MR) is 97.9 cm³/mol. The van der Waals surface area contributed by atoms with Crippen molar-refractivity contribution in [2.45, 2.75) is 24.9 Å². The summed E-state index contributed by atoms with van der Waals surface area (Å²) in [6, 6.07) is 7.51. The number of thioether (sulfide) groups is 1. The lowest BCUT2D eigenvalue weighted by Crippen LogP contribution is -2.36. The molecule has 25 heavy (non-hydrogen) atoms. The van der Waals surface area contributed by atoms with Crippen LogP contribution in [0.1, 0.15) is 24.1 Å². The average Bonchev–Trinajstić information content (AvgIpc) is 2.66. The van der Waals surface area contributed by atoms with Crippen LogP contribution in [0, 0.1) is 24.2 Å². The van der Waals surface area contributed by atoms with Crippen LogP contribution in [0.25, 0.3) is 0 Å². The number of nitrogens with zero attached hydrogens (tertiary/aromatic N) is 5. The highest BCUT2D eigenvalue weighted by atomic mass is 32.2. The molecule has 7 heteroatoms. The van der Waals surface area contributed by atoms with Crippen molar-refractivity contribution in [1.29, 1.82) is 5.26 Å². The molecule has 0 radical (unpaired) electrons. The molecule has 0 spiro atoms. The van der Waals surface area contributed by atoms with Crippen molar-refractivity contribution in [2.75, 3.05) is 30.9 Å². The molecular formula is C18H21N5OS. The zero-order valence-electron chi connectivity index (χ0n) is 14.5. The Labute approximate surface area is 152 Å². The lowest BCUT2D eigenvalue weighted by molar-refractivity contribution is 0.216. The Hall–Kier alpha value is -2.33. The summed E-state index contributed by atoms with van der Waals surface area (Å²) in [5, 5.41) is 9.75.